The summed E-state index contributed by atoms with van der Waals surface area (Å²) in [7, 11) is 3.41. The molecule has 0 fully saturated rings. The third-order valence-corrected chi connectivity index (χ3v) is 2.56. The van der Waals surface area contributed by atoms with Crippen molar-refractivity contribution in [2.75, 3.05) is 14.1 Å². The monoisotopic (exact) mass is 233 g/mol. The van der Waals surface area contributed by atoms with Crippen molar-refractivity contribution >= 4 is 11.6 Å². The SMILES string of the molecule is CCc1nnc2c(C)cc(C(=O)N(C)C)nn12. The van der Waals surface area contributed by atoms with E-state index in [9.17, 15) is 4.79 Å². The van der Waals surface area contributed by atoms with E-state index < -0.39 is 0 Å². The van der Waals surface area contributed by atoms with Gasteiger partial charge < -0.3 is 4.90 Å². The number of fused-ring (bicyclic) bond motifs is 1. The Bertz CT molecular complexity index is 572. The number of nitrogens with zero attached hydrogens (tertiary/aromatic N) is 5. The molecule has 0 aliphatic rings. The van der Waals surface area contributed by atoms with Crippen molar-refractivity contribution in [3.05, 3.63) is 23.1 Å². The first-order chi connectivity index (χ1) is 8.04. The Labute approximate surface area is 99.3 Å². The molecule has 6 nitrogen and oxygen atoms in total. The maximum Gasteiger partial charge on any atom is 0.273 e. The van der Waals surface area contributed by atoms with Gasteiger partial charge in [-0.15, -0.1) is 10.2 Å². The average molecular weight is 233 g/mol. The van der Waals surface area contributed by atoms with Crippen molar-refractivity contribution in [2.45, 2.75) is 20.3 Å². The van der Waals surface area contributed by atoms with E-state index in [-0.39, 0.29) is 5.91 Å². The molecule has 2 aromatic heterocycles. The summed E-state index contributed by atoms with van der Waals surface area (Å²) in [6, 6.07) is 1.74. The van der Waals surface area contributed by atoms with Gasteiger partial charge in [0.05, 0.1) is 0 Å². The summed E-state index contributed by atoms with van der Waals surface area (Å²) in [5.41, 5.74) is 2.02. The number of hydrogen-bond acceptors (Lipinski definition) is 4. The van der Waals surface area contributed by atoms with Gasteiger partial charge in [0.25, 0.3) is 5.91 Å². The molecule has 6 heteroatoms. The van der Waals surface area contributed by atoms with Crippen LogP contribution < -0.4 is 0 Å². The fourth-order valence-corrected chi connectivity index (χ4v) is 1.62. The lowest BCUT2D eigenvalue weighted by Gasteiger charge is -2.10. The zero-order chi connectivity index (χ0) is 12.6. The Hall–Kier alpha value is -1.98. The van der Waals surface area contributed by atoms with Gasteiger partial charge in [-0.2, -0.15) is 9.61 Å². The highest BCUT2D eigenvalue weighted by atomic mass is 16.2. The van der Waals surface area contributed by atoms with Crippen molar-refractivity contribution in [1.29, 1.82) is 0 Å². The summed E-state index contributed by atoms with van der Waals surface area (Å²) in [5.74, 6) is 0.641. The molecule has 0 atom stereocenters. The fraction of sp³-hybridized carbons (Fsp3) is 0.455. The molecule has 0 unspecified atom stereocenters. The molecule has 0 bridgehead atoms. The molecule has 2 heterocycles. The minimum absolute atomic E-state index is 0.120. The molecule has 0 aliphatic carbocycles. The van der Waals surface area contributed by atoms with Gasteiger partial charge in [-0.1, -0.05) is 6.92 Å². The summed E-state index contributed by atoms with van der Waals surface area (Å²) in [5, 5.41) is 12.4. The van der Waals surface area contributed by atoms with Crippen LogP contribution in [0.15, 0.2) is 6.07 Å². The van der Waals surface area contributed by atoms with Gasteiger partial charge in [0.1, 0.15) is 5.69 Å². The number of aryl methyl sites for hydroxylation is 2. The maximum atomic E-state index is 11.9. The lowest BCUT2D eigenvalue weighted by atomic mass is 10.2. The third-order valence-electron chi connectivity index (χ3n) is 2.56. The smallest absolute Gasteiger partial charge is 0.273 e. The molecular formula is C11H15N5O. The highest BCUT2D eigenvalue weighted by molar-refractivity contribution is 5.92. The van der Waals surface area contributed by atoms with Crippen molar-refractivity contribution < 1.29 is 4.79 Å². The number of carbonyl (C=O) groups excluding carboxylic acids is 1. The molecule has 0 saturated heterocycles. The van der Waals surface area contributed by atoms with E-state index in [1.54, 1.807) is 24.7 Å². The Morgan fingerprint density at radius 1 is 1.41 bits per heavy atom. The highest BCUT2D eigenvalue weighted by Gasteiger charge is 2.15. The van der Waals surface area contributed by atoms with E-state index >= 15 is 0 Å². The largest absolute Gasteiger partial charge is 0.343 e. The molecule has 0 saturated carbocycles. The minimum atomic E-state index is -0.120. The van der Waals surface area contributed by atoms with Gasteiger partial charge >= 0.3 is 0 Å². The summed E-state index contributed by atoms with van der Waals surface area (Å²) in [4.78, 5) is 13.4. The fourth-order valence-electron chi connectivity index (χ4n) is 1.62. The first kappa shape index (κ1) is 11.5. The molecule has 17 heavy (non-hydrogen) atoms. The normalized spacial score (nSPS) is 10.8. The van der Waals surface area contributed by atoms with E-state index in [2.05, 4.69) is 15.3 Å². The van der Waals surface area contributed by atoms with Crippen molar-refractivity contribution in [1.82, 2.24) is 24.7 Å². The third kappa shape index (κ3) is 1.86. The predicted molar refractivity (Wildman–Crippen MR) is 62.9 cm³/mol. The molecule has 0 aromatic carbocycles. The summed E-state index contributed by atoms with van der Waals surface area (Å²) >= 11 is 0. The second-order valence-corrected chi connectivity index (χ2v) is 4.12. The molecule has 90 valence electrons. The van der Waals surface area contributed by atoms with Gasteiger partial charge in [0.15, 0.2) is 11.5 Å². The quantitative estimate of drug-likeness (QED) is 0.765. The maximum absolute atomic E-state index is 11.9. The van der Waals surface area contributed by atoms with Crippen LogP contribution in [0.2, 0.25) is 0 Å². The number of amides is 1. The van der Waals surface area contributed by atoms with Gasteiger partial charge in [-0.05, 0) is 18.6 Å². The standard InChI is InChI=1S/C11H15N5O/c1-5-9-12-13-10-7(2)6-8(14-16(9)10)11(17)15(3)4/h6H,5H2,1-4H3. The molecule has 0 aliphatic heterocycles. The van der Waals surface area contributed by atoms with Crippen molar-refractivity contribution in [2.24, 2.45) is 0 Å². The lowest BCUT2D eigenvalue weighted by Crippen LogP contribution is -2.24. The molecule has 0 radical (unpaired) electrons. The Kier molecular flexibility index (Phi) is 2.79. The van der Waals surface area contributed by atoms with Crippen LogP contribution in [-0.4, -0.2) is 44.7 Å². The molecule has 2 aromatic rings. The molecule has 1 amide bonds. The molecular weight excluding hydrogens is 218 g/mol. The van der Waals surface area contributed by atoms with Gasteiger partial charge in [0, 0.05) is 20.5 Å². The van der Waals surface area contributed by atoms with Crippen LogP contribution in [0.4, 0.5) is 0 Å². The van der Waals surface area contributed by atoms with Crippen LogP contribution in [-0.2, 0) is 6.42 Å². The Balaban J connectivity index is 2.64. The van der Waals surface area contributed by atoms with E-state index in [4.69, 9.17) is 0 Å². The first-order valence-corrected chi connectivity index (χ1v) is 5.48. The predicted octanol–water partition coefficient (Wildman–Crippen LogP) is 0.697. The number of rotatable bonds is 2. The molecule has 0 N–H and O–H groups in total. The second-order valence-electron chi connectivity index (χ2n) is 4.12. The Morgan fingerprint density at radius 3 is 2.71 bits per heavy atom. The minimum Gasteiger partial charge on any atom is -0.343 e. The van der Waals surface area contributed by atoms with E-state index in [0.717, 1.165) is 17.8 Å². The van der Waals surface area contributed by atoms with E-state index in [1.165, 1.54) is 4.90 Å². The van der Waals surface area contributed by atoms with Crippen LogP contribution in [0.1, 0.15) is 28.8 Å². The van der Waals surface area contributed by atoms with Crippen LogP contribution in [0, 0.1) is 6.92 Å². The number of hydrogen-bond donors (Lipinski definition) is 0. The molecule has 2 rings (SSSR count). The number of carbonyl (C=O) groups is 1. The lowest BCUT2D eigenvalue weighted by molar-refractivity contribution is 0.0820. The Morgan fingerprint density at radius 2 is 2.12 bits per heavy atom. The van der Waals surface area contributed by atoms with Crippen LogP contribution in [0.3, 0.4) is 0 Å². The van der Waals surface area contributed by atoms with Gasteiger partial charge in [0.2, 0.25) is 0 Å². The zero-order valence-corrected chi connectivity index (χ0v) is 10.4. The molecule has 0 spiro atoms. The number of aromatic nitrogens is 4. The van der Waals surface area contributed by atoms with Crippen molar-refractivity contribution in [3.8, 4) is 0 Å². The van der Waals surface area contributed by atoms with Crippen molar-refractivity contribution in [3.63, 3.8) is 0 Å². The topological polar surface area (TPSA) is 63.4 Å². The highest BCUT2D eigenvalue weighted by Crippen LogP contribution is 2.11. The summed E-state index contributed by atoms with van der Waals surface area (Å²) in [6.45, 7) is 3.88. The van der Waals surface area contributed by atoms with Gasteiger partial charge in [-0.25, -0.2) is 0 Å². The van der Waals surface area contributed by atoms with Gasteiger partial charge in [-0.3, -0.25) is 4.79 Å². The zero-order valence-electron chi connectivity index (χ0n) is 10.4. The van der Waals surface area contributed by atoms with E-state index in [0.29, 0.717) is 11.3 Å². The average Bonchev–Trinajstić information content (AvgIpc) is 2.71. The first-order valence-electron chi connectivity index (χ1n) is 5.48. The summed E-state index contributed by atoms with van der Waals surface area (Å²) < 4.78 is 1.64. The van der Waals surface area contributed by atoms with Crippen LogP contribution in [0.25, 0.3) is 5.65 Å². The van der Waals surface area contributed by atoms with E-state index in [1.807, 2.05) is 13.8 Å². The van der Waals surface area contributed by atoms with Crippen LogP contribution >= 0.6 is 0 Å². The second kappa shape index (κ2) is 4.12. The summed E-state index contributed by atoms with van der Waals surface area (Å²) in [6.07, 6.45) is 0.729. The van der Waals surface area contributed by atoms with Crippen LogP contribution in [0.5, 0.6) is 0 Å².